The zero-order valence-corrected chi connectivity index (χ0v) is 17.9. The summed E-state index contributed by atoms with van der Waals surface area (Å²) in [7, 11) is 0. The van der Waals surface area contributed by atoms with Gasteiger partial charge in [0.15, 0.2) is 0 Å². The number of aryl methyl sites for hydroxylation is 1. The number of nitrogens with one attached hydrogen (secondary N) is 1. The number of imide groups is 1. The van der Waals surface area contributed by atoms with E-state index in [2.05, 4.69) is 5.32 Å². The van der Waals surface area contributed by atoms with Gasteiger partial charge in [-0.15, -0.1) is 0 Å². The van der Waals surface area contributed by atoms with E-state index < -0.39 is 5.91 Å². The number of benzene rings is 2. The van der Waals surface area contributed by atoms with Crippen LogP contribution >= 0.6 is 11.6 Å². The van der Waals surface area contributed by atoms with Gasteiger partial charge in [-0.25, -0.2) is 0 Å². The Kier molecular flexibility index (Phi) is 5.82. The minimum atomic E-state index is -0.417. The number of hydrogen-bond donors (Lipinski definition) is 1. The molecule has 4 rings (SSSR count). The SMILES string of the molecule is CCOc1ccc(C2=C(Nc3ccc(Cl)cc3C)C(=O)N(Cc3ccco3)C2=O)cc1. The smallest absolute Gasteiger partial charge is 0.278 e. The van der Waals surface area contributed by atoms with Crippen molar-refractivity contribution in [3.05, 3.63) is 88.5 Å². The second-order valence-corrected chi connectivity index (χ2v) is 7.50. The maximum atomic E-state index is 13.3. The second kappa shape index (κ2) is 8.70. The van der Waals surface area contributed by atoms with E-state index in [1.807, 2.05) is 13.8 Å². The second-order valence-electron chi connectivity index (χ2n) is 7.07. The number of amides is 2. The normalized spacial score (nSPS) is 13.8. The number of hydrogen-bond acceptors (Lipinski definition) is 5. The number of anilines is 1. The van der Waals surface area contributed by atoms with E-state index in [9.17, 15) is 9.59 Å². The third-order valence-electron chi connectivity index (χ3n) is 4.96. The summed E-state index contributed by atoms with van der Waals surface area (Å²) in [6, 6.07) is 15.9. The molecule has 2 amide bonds. The molecule has 2 heterocycles. The van der Waals surface area contributed by atoms with Gasteiger partial charge in [0.25, 0.3) is 11.8 Å². The lowest BCUT2D eigenvalue weighted by molar-refractivity contribution is -0.137. The first-order chi connectivity index (χ1) is 15.0. The summed E-state index contributed by atoms with van der Waals surface area (Å²) in [6.45, 7) is 4.38. The number of halogens is 1. The molecule has 0 radical (unpaired) electrons. The van der Waals surface area contributed by atoms with Crippen molar-refractivity contribution < 1.29 is 18.7 Å². The highest BCUT2D eigenvalue weighted by molar-refractivity contribution is 6.36. The van der Waals surface area contributed by atoms with Gasteiger partial charge in [0.05, 0.1) is 25.0 Å². The molecule has 0 atom stereocenters. The molecule has 1 aromatic heterocycles. The molecule has 2 aromatic carbocycles. The van der Waals surface area contributed by atoms with Crippen molar-refractivity contribution in [1.82, 2.24) is 4.90 Å². The first-order valence-electron chi connectivity index (χ1n) is 9.87. The molecule has 1 aliphatic heterocycles. The maximum absolute atomic E-state index is 13.3. The molecule has 0 saturated heterocycles. The fourth-order valence-corrected chi connectivity index (χ4v) is 3.67. The Morgan fingerprint density at radius 1 is 1.06 bits per heavy atom. The minimum absolute atomic E-state index is 0.0516. The standard InChI is InChI=1S/C24H21ClN2O4/c1-3-30-18-9-6-16(7-10-18)21-22(26-20-11-8-17(25)13-15(20)2)24(29)27(23(21)28)14-19-5-4-12-31-19/h4-13,26H,3,14H2,1-2H3. The summed E-state index contributed by atoms with van der Waals surface area (Å²) in [5.41, 5.74) is 2.69. The van der Waals surface area contributed by atoms with Crippen molar-refractivity contribution in [2.75, 3.05) is 11.9 Å². The van der Waals surface area contributed by atoms with E-state index in [0.717, 1.165) is 5.56 Å². The summed E-state index contributed by atoms with van der Waals surface area (Å²) in [5, 5.41) is 3.76. The van der Waals surface area contributed by atoms with Crippen LogP contribution in [0.2, 0.25) is 5.02 Å². The van der Waals surface area contributed by atoms with Crippen LogP contribution in [-0.4, -0.2) is 23.3 Å². The topological polar surface area (TPSA) is 71.8 Å². The molecule has 1 aliphatic rings. The Labute approximate surface area is 185 Å². The number of carbonyl (C=O) groups is 2. The van der Waals surface area contributed by atoms with Crippen LogP contribution in [0.25, 0.3) is 5.57 Å². The Morgan fingerprint density at radius 2 is 1.84 bits per heavy atom. The van der Waals surface area contributed by atoms with Crippen molar-refractivity contribution in [3.63, 3.8) is 0 Å². The number of ether oxygens (including phenoxy) is 1. The Hall–Kier alpha value is -3.51. The van der Waals surface area contributed by atoms with E-state index in [4.69, 9.17) is 20.8 Å². The summed E-state index contributed by atoms with van der Waals surface area (Å²) in [5.74, 6) is 0.412. The van der Waals surface area contributed by atoms with Gasteiger partial charge in [0, 0.05) is 10.7 Å². The zero-order valence-electron chi connectivity index (χ0n) is 17.1. The van der Waals surface area contributed by atoms with Gasteiger partial charge in [-0.05, 0) is 67.4 Å². The summed E-state index contributed by atoms with van der Waals surface area (Å²) in [4.78, 5) is 27.8. The van der Waals surface area contributed by atoms with E-state index in [0.29, 0.717) is 40.0 Å². The molecule has 31 heavy (non-hydrogen) atoms. The molecule has 7 heteroatoms. The number of carbonyl (C=O) groups excluding carboxylic acids is 2. The molecule has 0 unspecified atom stereocenters. The first kappa shape index (κ1) is 20.8. The highest BCUT2D eigenvalue weighted by atomic mass is 35.5. The largest absolute Gasteiger partial charge is 0.494 e. The molecular weight excluding hydrogens is 416 g/mol. The molecule has 158 valence electrons. The molecule has 0 spiro atoms. The summed E-state index contributed by atoms with van der Waals surface area (Å²) in [6.07, 6.45) is 1.51. The number of nitrogens with zero attached hydrogens (tertiary/aromatic N) is 1. The predicted molar refractivity (Wildman–Crippen MR) is 119 cm³/mol. The lowest BCUT2D eigenvalue weighted by Crippen LogP contribution is -2.31. The highest BCUT2D eigenvalue weighted by Gasteiger charge is 2.39. The Balaban J connectivity index is 1.74. The third-order valence-corrected chi connectivity index (χ3v) is 5.20. The molecule has 0 fully saturated rings. The zero-order chi connectivity index (χ0) is 22.0. The van der Waals surface area contributed by atoms with Crippen molar-refractivity contribution in [1.29, 1.82) is 0 Å². The van der Waals surface area contributed by atoms with Crippen LogP contribution in [0.5, 0.6) is 5.75 Å². The molecule has 0 aliphatic carbocycles. The number of furan rings is 1. The average Bonchev–Trinajstić information content (AvgIpc) is 3.34. The van der Waals surface area contributed by atoms with Gasteiger partial charge in [-0.1, -0.05) is 23.7 Å². The maximum Gasteiger partial charge on any atom is 0.278 e. The van der Waals surface area contributed by atoms with Crippen molar-refractivity contribution in [2.45, 2.75) is 20.4 Å². The quantitative estimate of drug-likeness (QED) is 0.526. The van der Waals surface area contributed by atoms with E-state index >= 15 is 0 Å². The molecule has 0 bridgehead atoms. The Morgan fingerprint density at radius 3 is 2.48 bits per heavy atom. The molecule has 0 saturated carbocycles. The average molecular weight is 437 g/mol. The van der Waals surface area contributed by atoms with Gasteiger partial charge >= 0.3 is 0 Å². The fourth-order valence-electron chi connectivity index (χ4n) is 3.45. The lowest BCUT2D eigenvalue weighted by atomic mass is 10.0. The molecule has 1 N–H and O–H groups in total. The van der Waals surface area contributed by atoms with E-state index in [1.165, 1.54) is 11.2 Å². The molecule has 3 aromatic rings. The van der Waals surface area contributed by atoms with Gasteiger partial charge in [-0.3, -0.25) is 14.5 Å². The van der Waals surface area contributed by atoms with Gasteiger partial charge < -0.3 is 14.5 Å². The fraction of sp³-hybridized carbons (Fsp3) is 0.167. The van der Waals surface area contributed by atoms with Crippen LogP contribution < -0.4 is 10.1 Å². The highest BCUT2D eigenvalue weighted by Crippen LogP contribution is 2.33. The van der Waals surface area contributed by atoms with Crippen LogP contribution in [0.4, 0.5) is 5.69 Å². The van der Waals surface area contributed by atoms with E-state index in [1.54, 1.807) is 54.6 Å². The van der Waals surface area contributed by atoms with Crippen molar-refractivity contribution in [3.8, 4) is 5.75 Å². The third kappa shape index (κ3) is 4.20. The van der Waals surface area contributed by atoms with Crippen LogP contribution in [0.1, 0.15) is 23.8 Å². The first-order valence-corrected chi connectivity index (χ1v) is 10.2. The minimum Gasteiger partial charge on any atom is -0.494 e. The summed E-state index contributed by atoms with van der Waals surface area (Å²) >= 11 is 6.06. The van der Waals surface area contributed by atoms with Crippen LogP contribution in [0, 0.1) is 6.92 Å². The van der Waals surface area contributed by atoms with Gasteiger partial charge in [0.1, 0.15) is 17.2 Å². The molecular formula is C24H21ClN2O4. The van der Waals surface area contributed by atoms with Gasteiger partial charge in [-0.2, -0.15) is 0 Å². The van der Waals surface area contributed by atoms with Crippen molar-refractivity contribution >= 4 is 34.7 Å². The van der Waals surface area contributed by atoms with Gasteiger partial charge in [0.2, 0.25) is 0 Å². The monoisotopic (exact) mass is 436 g/mol. The van der Waals surface area contributed by atoms with Crippen LogP contribution in [0.3, 0.4) is 0 Å². The van der Waals surface area contributed by atoms with E-state index in [-0.39, 0.29) is 18.1 Å². The predicted octanol–water partition coefficient (Wildman–Crippen LogP) is 5.03. The number of rotatable bonds is 7. The Bertz CT molecular complexity index is 1150. The summed E-state index contributed by atoms with van der Waals surface area (Å²) < 4.78 is 10.8. The molecule has 6 nitrogen and oxygen atoms in total. The lowest BCUT2D eigenvalue weighted by Gasteiger charge is -2.14. The van der Waals surface area contributed by atoms with Crippen LogP contribution in [-0.2, 0) is 16.1 Å². The van der Waals surface area contributed by atoms with Crippen LogP contribution in [0.15, 0.2) is 71.0 Å². The van der Waals surface area contributed by atoms with Crippen molar-refractivity contribution in [2.24, 2.45) is 0 Å².